The van der Waals surface area contributed by atoms with Crippen LogP contribution in [0.3, 0.4) is 0 Å². The molecule has 1 N–H and O–H groups in total. The van der Waals surface area contributed by atoms with Crippen molar-refractivity contribution in [3.63, 3.8) is 0 Å². The molecule has 3 rings (SSSR count). The number of thiazole rings is 1. The Morgan fingerprint density at radius 3 is 2.73 bits per heavy atom. The Morgan fingerprint density at radius 1 is 1.23 bits per heavy atom. The number of hydrogen-bond acceptors (Lipinski definition) is 10. The second kappa shape index (κ2) is 11.7. The monoisotopic (exact) mass is 431 g/mol. The normalized spacial score (nSPS) is 15.0. The zero-order valence-electron chi connectivity index (χ0n) is 17.6. The van der Waals surface area contributed by atoms with Gasteiger partial charge in [-0.3, -0.25) is 0 Å². The molecule has 10 heteroatoms. The molecule has 2 aromatic heterocycles. The molecule has 1 saturated heterocycles. The Bertz CT molecular complexity index is 833. The smallest absolute Gasteiger partial charge is 0.230 e. The summed E-state index contributed by atoms with van der Waals surface area (Å²) in [6.07, 6.45) is 3.07. The van der Waals surface area contributed by atoms with E-state index in [2.05, 4.69) is 43.1 Å². The fraction of sp³-hybridized carbons (Fsp3) is 0.650. The maximum atomic E-state index is 9.80. The molecule has 162 valence electrons. The maximum Gasteiger partial charge on any atom is 0.230 e. The molecule has 0 aliphatic carbocycles. The van der Waals surface area contributed by atoms with Crippen LogP contribution in [0, 0.1) is 18.3 Å². The van der Waals surface area contributed by atoms with Crippen molar-refractivity contribution in [1.82, 2.24) is 19.9 Å². The molecule has 1 aliphatic rings. The first-order valence-corrected chi connectivity index (χ1v) is 11.3. The number of aromatic nitrogens is 4. The van der Waals surface area contributed by atoms with Gasteiger partial charge in [0.1, 0.15) is 5.01 Å². The summed E-state index contributed by atoms with van der Waals surface area (Å²) in [5, 5.41) is 15.7. The maximum absolute atomic E-state index is 9.80. The quantitative estimate of drug-likeness (QED) is 0.537. The number of morpholine rings is 1. The molecule has 0 saturated carbocycles. The number of rotatable bonds is 11. The van der Waals surface area contributed by atoms with Gasteiger partial charge < -0.3 is 19.7 Å². The highest BCUT2D eigenvalue weighted by Gasteiger charge is 2.24. The van der Waals surface area contributed by atoms with Gasteiger partial charge in [-0.2, -0.15) is 20.2 Å². The van der Waals surface area contributed by atoms with Crippen LogP contribution in [0.2, 0.25) is 0 Å². The predicted molar refractivity (Wildman–Crippen MR) is 116 cm³/mol. The van der Waals surface area contributed by atoms with Crippen LogP contribution in [0.25, 0.3) is 0 Å². The summed E-state index contributed by atoms with van der Waals surface area (Å²) >= 11 is 1.45. The summed E-state index contributed by atoms with van der Waals surface area (Å²) < 4.78 is 11.0. The standard InChI is InChI=1S/C20H29N7O2S/c1-3-4-9-28-10-5-6-22-19-24-17(16(13-21)18-23-15(2)14-30-18)25-20(26-19)27-7-11-29-12-8-27/h14,16H,3-12H2,1-2H3,(H,22,24,25,26). The molecule has 1 unspecified atom stereocenters. The Balaban J connectivity index is 1.74. The van der Waals surface area contributed by atoms with Crippen molar-refractivity contribution in [2.45, 2.75) is 39.0 Å². The second-order valence-electron chi connectivity index (χ2n) is 7.05. The zero-order chi connectivity index (χ0) is 21.2. The van der Waals surface area contributed by atoms with Gasteiger partial charge in [-0.15, -0.1) is 11.3 Å². The minimum atomic E-state index is -0.621. The highest BCUT2D eigenvalue weighted by molar-refractivity contribution is 7.09. The van der Waals surface area contributed by atoms with E-state index in [0.29, 0.717) is 62.2 Å². The molecule has 3 heterocycles. The number of aryl methyl sites for hydroxylation is 1. The van der Waals surface area contributed by atoms with E-state index in [0.717, 1.165) is 31.6 Å². The summed E-state index contributed by atoms with van der Waals surface area (Å²) in [6.45, 7) is 8.92. The molecule has 0 spiro atoms. The largest absolute Gasteiger partial charge is 0.381 e. The number of unbranched alkanes of at least 4 members (excludes halogenated alkanes) is 1. The lowest BCUT2D eigenvalue weighted by Crippen LogP contribution is -2.37. The Morgan fingerprint density at radius 2 is 2.03 bits per heavy atom. The molecular formula is C20H29N7O2S. The van der Waals surface area contributed by atoms with Crippen molar-refractivity contribution in [3.05, 3.63) is 21.9 Å². The Hall–Kier alpha value is -2.35. The zero-order valence-corrected chi connectivity index (χ0v) is 18.5. The van der Waals surface area contributed by atoms with Gasteiger partial charge in [-0.1, -0.05) is 13.3 Å². The summed E-state index contributed by atoms with van der Waals surface area (Å²) in [4.78, 5) is 20.3. The average molecular weight is 432 g/mol. The molecule has 0 radical (unpaired) electrons. The molecule has 0 amide bonds. The van der Waals surface area contributed by atoms with Gasteiger partial charge in [0.25, 0.3) is 0 Å². The fourth-order valence-electron chi connectivity index (χ4n) is 2.94. The summed E-state index contributed by atoms with van der Waals surface area (Å²) in [7, 11) is 0. The van der Waals surface area contributed by atoms with Crippen LogP contribution >= 0.6 is 11.3 Å². The molecule has 1 fully saturated rings. The molecule has 9 nitrogen and oxygen atoms in total. The minimum Gasteiger partial charge on any atom is -0.381 e. The highest BCUT2D eigenvalue weighted by Crippen LogP contribution is 2.26. The number of nitriles is 1. The van der Waals surface area contributed by atoms with E-state index >= 15 is 0 Å². The van der Waals surface area contributed by atoms with Crippen LogP contribution in [0.5, 0.6) is 0 Å². The molecule has 30 heavy (non-hydrogen) atoms. The van der Waals surface area contributed by atoms with E-state index in [1.54, 1.807) is 0 Å². The van der Waals surface area contributed by atoms with Gasteiger partial charge in [0, 0.05) is 43.9 Å². The van der Waals surface area contributed by atoms with Gasteiger partial charge in [0.05, 0.1) is 19.3 Å². The van der Waals surface area contributed by atoms with Crippen molar-refractivity contribution in [2.75, 3.05) is 56.3 Å². The molecular weight excluding hydrogens is 402 g/mol. The number of nitrogens with zero attached hydrogens (tertiary/aromatic N) is 6. The number of nitrogens with one attached hydrogen (secondary N) is 1. The van der Waals surface area contributed by atoms with Crippen LogP contribution in [0.1, 0.15) is 48.6 Å². The van der Waals surface area contributed by atoms with Gasteiger partial charge in [-0.25, -0.2) is 4.98 Å². The van der Waals surface area contributed by atoms with E-state index in [-0.39, 0.29) is 0 Å². The first-order valence-electron chi connectivity index (χ1n) is 10.4. The molecule has 0 bridgehead atoms. The van der Waals surface area contributed by atoms with Crippen molar-refractivity contribution in [2.24, 2.45) is 0 Å². The molecule has 2 aromatic rings. The van der Waals surface area contributed by atoms with Crippen LogP contribution < -0.4 is 10.2 Å². The van der Waals surface area contributed by atoms with Crippen molar-refractivity contribution in [1.29, 1.82) is 5.26 Å². The highest BCUT2D eigenvalue weighted by atomic mass is 32.1. The van der Waals surface area contributed by atoms with E-state index in [9.17, 15) is 5.26 Å². The van der Waals surface area contributed by atoms with Gasteiger partial charge >= 0.3 is 0 Å². The van der Waals surface area contributed by atoms with E-state index in [4.69, 9.17) is 9.47 Å². The van der Waals surface area contributed by atoms with E-state index in [1.807, 2.05) is 12.3 Å². The molecule has 0 aromatic carbocycles. The van der Waals surface area contributed by atoms with Crippen LogP contribution in [0.15, 0.2) is 5.38 Å². The summed E-state index contributed by atoms with van der Waals surface area (Å²) in [6, 6.07) is 2.31. The van der Waals surface area contributed by atoms with E-state index in [1.165, 1.54) is 11.3 Å². The summed E-state index contributed by atoms with van der Waals surface area (Å²) in [5.74, 6) is 0.844. The lowest BCUT2D eigenvalue weighted by molar-refractivity contribution is 0.122. The molecule has 1 aliphatic heterocycles. The topological polar surface area (TPSA) is 109 Å². The van der Waals surface area contributed by atoms with Gasteiger partial charge in [0.15, 0.2) is 11.7 Å². The third-order valence-electron chi connectivity index (χ3n) is 4.60. The van der Waals surface area contributed by atoms with Gasteiger partial charge in [-0.05, 0) is 19.8 Å². The third-order valence-corrected chi connectivity index (χ3v) is 5.62. The summed E-state index contributed by atoms with van der Waals surface area (Å²) in [5.41, 5.74) is 0.888. The lowest BCUT2D eigenvalue weighted by atomic mass is 10.1. The third kappa shape index (κ3) is 6.32. The van der Waals surface area contributed by atoms with E-state index < -0.39 is 5.92 Å². The van der Waals surface area contributed by atoms with Crippen molar-refractivity contribution < 1.29 is 9.47 Å². The Labute approximate surface area is 181 Å². The van der Waals surface area contributed by atoms with Crippen molar-refractivity contribution in [3.8, 4) is 6.07 Å². The van der Waals surface area contributed by atoms with Crippen molar-refractivity contribution >= 4 is 23.2 Å². The number of anilines is 2. The van der Waals surface area contributed by atoms with Gasteiger partial charge in [0.2, 0.25) is 11.9 Å². The number of ether oxygens (including phenoxy) is 2. The fourth-order valence-corrected chi connectivity index (χ4v) is 3.78. The van der Waals surface area contributed by atoms with Crippen LogP contribution in [-0.2, 0) is 9.47 Å². The minimum absolute atomic E-state index is 0.421. The predicted octanol–water partition coefficient (Wildman–Crippen LogP) is 2.75. The number of hydrogen-bond donors (Lipinski definition) is 1. The lowest BCUT2D eigenvalue weighted by Gasteiger charge is -2.27. The first kappa shape index (κ1) is 22.3. The molecule has 1 atom stereocenters. The Kier molecular flexibility index (Phi) is 8.74. The average Bonchev–Trinajstić information content (AvgIpc) is 3.20. The SMILES string of the molecule is CCCCOCCCNc1nc(C(C#N)c2nc(C)cs2)nc(N2CCOCC2)n1. The van der Waals surface area contributed by atoms with Crippen LogP contribution in [-0.4, -0.2) is 66.0 Å². The van der Waals surface area contributed by atoms with Crippen LogP contribution in [0.4, 0.5) is 11.9 Å². The first-order chi connectivity index (χ1) is 14.7. The second-order valence-corrected chi connectivity index (χ2v) is 7.94.